The molecule has 90 valence electrons. The largest absolute Gasteiger partial charge is 0.493 e. The number of pyridine rings is 1. The first kappa shape index (κ1) is 13.0. The molecule has 0 amide bonds. The Balaban J connectivity index is 2.61. The van der Waals surface area contributed by atoms with Crippen molar-refractivity contribution in [2.24, 2.45) is 5.92 Å². The molecule has 1 rings (SSSR count). The number of aliphatic hydroxyl groups is 1. The van der Waals surface area contributed by atoms with E-state index in [1.807, 2.05) is 13.0 Å². The second-order valence-electron chi connectivity index (χ2n) is 4.30. The lowest BCUT2D eigenvalue weighted by molar-refractivity contribution is 0.233. The van der Waals surface area contributed by atoms with E-state index in [2.05, 4.69) is 18.8 Å². The topological polar surface area (TPSA) is 42.4 Å². The van der Waals surface area contributed by atoms with Crippen molar-refractivity contribution in [3.05, 3.63) is 23.5 Å². The highest BCUT2D eigenvalue weighted by Gasteiger charge is 2.06. The van der Waals surface area contributed by atoms with Gasteiger partial charge in [0.2, 0.25) is 0 Å². The van der Waals surface area contributed by atoms with Gasteiger partial charge in [-0.3, -0.25) is 4.98 Å². The fourth-order valence-electron chi connectivity index (χ4n) is 1.62. The molecular formula is C13H21NO2. The molecule has 1 unspecified atom stereocenters. The highest BCUT2D eigenvalue weighted by Crippen LogP contribution is 2.19. The molecule has 3 heteroatoms. The molecular weight excluding hydrogens is 202 g/mol. The minimum absolute atomic E-state index is 0.0230. The van der Waals surface area contributed by atoms with Crippen molar-refractivity contribution < 1.29 is 9.84 Å². The third kappa shape index (κ3) is 3.81. The summed E-state index contributed by atoms with van der Waals surface area (Å²) in [5.74, 6) is 1.31. The summed E-state index contributed by atoms with van der Waals surface area (Å²) in [6, 6.07) is 1.88. The number of aliphatic hydroxyl groups excluding tert-OH is 1. The molecule has 0 aromatic carbocycles. The highest BCUT2D eigenvalue weighted by molar-refractivity contribution is 5.32. The van der Waals surface area contributed by atoms with Crippen molar-refractivity contribution in [1.82, 2.24) is 4.98 Å². The maximum atomic E-state index is 9.16. The Hall–Kier alpha value is -1.09. The van der Waals surface area contributed by atoms with Crippen LogP contribution in [0.3, 0.4) is 0 Å². The zero-order chi connectivity index (χ0) is 12.0. The van der Waals surface area contributed by atoms with E-state index in [1.54, 1.807) is 6.20 Å². The van der Waals surface area contributed by atoms with Crippen molar-refractivity contribution in [3.8, 4) is 5.75 Å². The summed E-state index contributed by atoms with van der Waals surface area (Å²) in [7, 11) is 0. The van der Waals surface area contributed by atoms with E-state index < -0.39 is 0 Å². The summed E-state index contributed by atoms with van der Waals surface area (Å²) < 4.78 is 5.72. The second-order valence-corrected chi connectivity index (χ2v) is 4.30. The molecule has 1 atom stereocenters. The van der Waals surface area contributed by atoms with Crippen molar-refractivity contribution in [2.45, 2.75) is 40.2 Å². The van der Waals surface area contributed by atoms with E-state index in [9.17, 15) is 0 Å². The molecule has 0 radical (unpaired) electrons. The molecule has 3 nitrogen and oxygen atoms in total. The van der Waals surface area contributed by atoms with Crippen LogP contribution < -0.4 is 4.74 Å². The minimum atomic E-state index is -0.0230. The standard InChI is InChI=1S/C13H21NO2/c1-4-5-10(2)9-16-13-6-11(3)14-7-12(13)8-15/h6-7,10,15H,4-5,8-9H2,1-3H3. The fraction of sp³-hybridized carbons (Fsp3) is 0.615. The lowest BCUT2D eigenvalue weighted by atomic mass is 10.1. The van der Waals surface area contributed by atoms with Crippen LogP contribution in [0.1, 0.15) is 37.9 Å². The van der Waals surface area contributed by atoms with Crippen molar-refractivity contribution in [3.63, 3.8) is 0 Å². The molecule has 1 N–H and O–H groups in total. The summed E-state index contributed by atoms with van der Waals surface area (Å²) in [6.07, 6.45) is 4.01. The SMILES string of the molecule is CCCC(C)COc1cc(C)ncc1CO. The van der Waals surface area contributed by atoms with Gasteiger partial charge < -0.3 is 9.84 Å². The summed E-state index contributed by atoms with van der Waals surface area (Å²) in [6.45, 7) is 6.95. The zero-order valence-corrected chi connectivity index (χ0v) is 10.4. The van der Waals surface area contributed by atoms with Gasteiger partial charge in [0.1, 0.15) is 5.75 Å². The minimum Gasteiger partial charge on any atom is -0.493 e. The van der Waals surface area contributed by atoms with Crippen molar-refractivity contribution >= 4 is 0 Å². The monoisotopic (exact) mass is 223 g/mol. The van der Waals surface area contributed by atoms with Crippen molar-refractivity contribution in [2.75, 3.05) is 6.61 Å². The van der Waals surface area contributed by atoms with Crippen LogP contribution in [0, 0.1) is 12.8 Å². The average Bonchev–Trinajstić information content (AvgIpc) is 2.27. The fourth-order valence-corrected chi connectivity index (χ4v) is 1.62. The first-order valence-corrected chi connectivity index (χ1v) is 5.86. The molecule has 0 saturated carbocycles. The summed E-state index contributed by atoms with van der Waals surface area (Å²) >= 11 is 0. The number of nitrogens with zero attached hydrogens (tertiary/aromatic N) is 1. The Labute approximate surface area is 97.5 Å². The molecule has 0 bridgehead atoms. The number of rotatable bonds is 6. The van der Waals surface area contributed by atoms with E-state index in [0.717, 1.165) is 17.0 Å². The molecule has 0 fully saturated rings. The summed E-state index contributed by atoms with van der Waals surface area (Å²) in [5, 5.41) is 9.16. The van der Waals surface area contributed by atoms with Crippen LogP contribution in [0.25, 0.3) is 0 Å². The Bertz CT molecular complexity index is 326. The number of aromatic nitrogens is 1. The van der Waals surface area contributed by atoms with E-state index in [1.165, 1.54) is 12.8 Å². The first-order chi connectivity index (χ1) is 7.67. The number of hydrogen-bond donors (Lipinski definition) is 1. The quantitative estimate of drug-likeness (QED) is 0.806. The van der Waals surface area contributed by atoms with Crippen LogP contribution in [0.4, 0.5) is 0 Å². The predicted octanol–water partition coefficient (Wildman–Crippen LogP) is 2.70. The molecule has 0 aliphatic carbocycles. The van der Waals surface area contributed by atoms with Crippen LogP contribution in [0.2, 0.25) is 0 Å². The Morgan fingerprint density at radius 2 is 2.25 bits per heavy atom. The molecule has 0 spiro atoms. The first-order valence-electron chi connectivity index (χ1n) is 5.86. The third-order valence-corrected chi connectivity index (χ3v) is 2.56. The molecule has 0 saturated heterocycles. The van der Waals surface area contributed by atoms with Crippen LogP contribution in [-0.4, -0.2) is 16.7 Å². The predicted molar refractivity (Wildman–Crippen MR) is 64.5 cm³/mol. The van der Waals surface area contributed by atoms with Gasteiger partial charge in [-0.15, -0.1) is 0 Å². The third-order valence-electron chi connectivity index (χ3n) is 2.56. The van der Waals surface area contributed by atoms with E-state index in [4.69, 9.17) is 9.84 Å². The normalized spacial score (nSPS) is 12.5. The number of aryl methyl sites for hydroxylation is 1. The van der Waals surface area contributed by atoms with Crippen LogP contribution in [-0.2, 0) is 6.61 Å². The van der Waals surface area contributed by atoms with Crippen LogP contribution >= 0.6 is 0 Å². The molecule has 0 aliphatic rings. The van der Waals surface area contributed by atoms with Gasteiger partial charge in [0.15, 0.2) is 0 Å². The Morgan fingerprint density at radius 3 is 2.88 bits per heavy atom. The molecule has 1 heterocycles. The van der Waals surface area contributed by atoms with Gasteiger partial charge in [0, 0.05) is 23.5 Å². The zero-order valence-electron chi connectivity index (χ0n) is 10.4. The maximum Gasteiger partial charge on any atom is 0.128 e. The smallest absolute Gasteiger partial charge is 0.128 e. The van der Waals surface area contributed by atoms with Crippen molar-refractivity contribution in [1.29, 1.82) is 0 Å². The lowest BCUT2D eigenvalue weighted by Gasteiger charge is -2.14. The van der Waals surface area contributed by atoms with Crippen LogP contribution in [0.5, 0.6) is 5.75 Å². The van der Waals surface area contributed by atoms with Gasteiger partial charge in [0.25, 0.3) is 0 Å². The van der Waals surface area contributed by atoms with Gasteiger partial charge in [-0.2, -0.15) is 0 Å². The van der Waals surface area contributed by atoms with E-state index in [-0.39, 0.29) is 6.61 Å². The van der Waals surface area contributed by atoms with Gasteiger partial charge in [-0.1, -0.05) is 20.3 Å². The highest BCUT2D eigenvalue weighted by atomic mass is 16.5. The van der Waals surface area contributed by atoms with Gasteiger partial charge in [0.05, 0.1) is 13.2 Å². The lowest BCUT2D eigenvalue weighted by Crippen LogP contribution is -2.09. The Kier molecular flexibility index (Phi) is 5.26. The summed E-state index contributed by atoms with van der Waals surface area (Å²) in [4.78, 5) is 4.13. The van der Waals surface area contributed by atoms with E-state index in [0.29, 0.717) is 12.5 Å². The van der Waals surface area contributed by atoms with Gasteiger partial charge >= 0.3 is 0 Å². The molecule has 1 aromatic heterocycles. The molecule has 16 heavy (non-hydrogen) atoms. The average molecular weight is 223 g/mol. The number of ether oxygens (including phenoxy) is 1. The van der Waals surface area contributed by atoms with E-state index >= 15 is 0 Å². The Morgan fingerprint density at radius 1 is 1.50 bits per heavy atom. The molecule has 1 aromatic rings. The molecule has 0 aliphatic heterocycles. The number of hydrogen-bond acceptors (Lipinski definition) is 3. The second kappa shape index (κ2) is 6.48. The van der Waals surface area contributed by atoms with Gasteiger partial charge in [-0.25, -0.2) is 0 Å². The van der Waals surface area contributed by atoms with Crippen LogP contribution in [0.15, 0.2) is 12.3 Å². The summed E-state index contributed by atoms with van der Waals surface area (Å²) in [5.41, 5.74) is 1.67. The maximum absolute atomic E-state index is 9.16. The van der Waals surface area contributed by atoms with Gasteiger partial charge in [-0.05, 0) is 19.3 Å².